The first-order chi connectivity index (χ1) is 16.0. The molecule has 0 fully saturated rings. The lowest BCUT2D eigenvalue weighted by atomic mass is 10.0. The van der Waals surface area contributed by atoms with Crippen molar-refractivity contribution >= 4 is 11.7 Å². The van der Waals surface area contributed by atoms with Gasteiger partial charge in [0.1, 0.15) is 17.3 Å². The Hall–Kier alpha value is -4.19. The van der Waals surface area contributed by atoms with E-state index >= 15 is 0 Å². The molecular formula is C27H25N3O3. The molecule has 0 atom stereocenters. The molecule has 1 heterocycles. The van der Waals surface area contributed by atoms with Crippen molar-refractivity contribution in [3.8, 4) is 22.6 Å². The maximum atomic E-state index is 13.2. The zero-order valence-electron chi connectivity index (χ0n) is 18.8. The minimum absolute atomic E-state index is 0.229. The molecule has 0 saturated carbocycles. The van der Waals surface area contributed by atoms with Gasteiger partial charge in [0, 0.05) is 5.56 Å². The largest absolute Gasteiger partial charge is 0.497 e. The lowest BCUT2D eigenvalue weighted by molar-refractivity contribution is 0.102. The summed E-state index contributed by atoms with van der Waals surface area (Å²) in [6.45, 7) is 3.77. The quantitative estimate of drug-likeness (QED) is 0.457. The second-order valence-corrected chi connectivity index (χ2v) is 7.62. The smallest absolute Gasteiger partial charge is 0.256 e. The molecule has 3 aromatic carbocycles. The molecule has 0 bridgehead atoms. The highest BCUT2D eigenvalue weighted by Crippen LogP contribution is 2.28. The molecule has 166 valence electrons. The van der Waals surface area contributed by atoms with E-state index in [0.717, 1.165) is 12.1 Å². The Labute approximate surface area is 192 Å². The highest BCUT2D eigenvalue weighted by atomic mass is 16.5. The minimum Gasteiger partial charge on any atom is -0.497 e. The van der Waals surface area contributed by atoms with Gasteiger partial charge >= 0.3 is 0 Å². The van der Waals surface area contributed by atoms with Gasteiger partial charge in [-0.1, -0.05) is 49.4 Å². The van der Waals surface area contributed by atoms with Crippen molar-refractivity contribution in [3.63, 3.8) is 0 Å². The van der Waals surface area contributed by atoms with Gasteiger partial charge in [0.15, 0.2) is 0 Å². The van der Waals surface area contributed by atoms with Crippen molar-refractivity contribution in [1.29, 1.82) is 0 Å². The second-order valence-electron chi connectivity index (χ2n) is 7.62. The number of anilines is 1. The van der Waals surface area contributed by atoms with Crippen molar-refractivity contribution in [2.75, 3.05) is 12.4 Å². The topological polar surface area (TPSA) is 73.2 Å². The summed E-state index contributed by atoms with van der Waals surface area (Å²) in [5.41, 5.74) is 3.59. The molecule has 0 aliphatic rings. The van der Waals surface area contributed by atoms with Crippen LogP contribution in [0, 0.1) is 6.92 Å². The number of hydrogen-bond donors (Lipinski definition) is 1. The number of nitrogens with one attached hydrogen (secondary N) is 1. The Morgan fingerprint density at radius 1 is 0.970 bits per heavy atom. The highest BCUT2D eigenvalue weighted by Gasteiger charge is 2.21. The van der Waals surface area contributed by atoms with Crippen molar-refractivity contribution in [3.05, 3.63) is 106 Å². The summed E-state index contributed by atoms with van der Waals surface area (Å²) in [4.78, 5) is 26.4. The molecule has 6 heteroatoms. The van der Waals surface area contributed by atoms with Crippen LogP contribution in [0.4, 0.5) is 5.82 Å². The van der Waals surface area contributed by atoms with Crippen LogP contribution >= 0.6 is 0 Å². The summed E-state index contributed by atoms with van der Waals surface area (Å²) >= 11 is 0. The number of methoxy groups -OCH3 is 1. The van der Waals surface area contributed by atoms with Gasteiger partial charge in [-0.3, -0.25) is 9.59 Å². The van der Waals surface area contributed by atoms with Crippen molar-refractivity contribution in [2.45, 2.75) is 20.3 Å². The number of rotatable bonds is 6. The number of nitrogens with zero attached hydrogens (tertiary/aromatic N) is 2. The SMILES string of the molecule is CCc1ccc(-n2nc(C)c(=O)c(-c3ccccc3)c2NC(=O)c2ccc(OC)cc2)cc1. The van der Waals surface area contributed by atoms with Crippen LogP contribution in [0.1, 0.15) is 28.5 Å². The van der Waals surface area contributed by atoms with E-state index in [1.807, 2.05) is 54.6 Å². The third kappa shape index (κ3) is 4.55. The van der Waals surface area contributed by atoms with E-state index in [1.165, 1.54) is 5.56 Å². The number of benzene rings is 3. The van der Waals surface area contributed by atoms with Gasteiger partial charge in [0.25, 0.3) is 5.91 Å². The molecule has 0 unspecified atom stereocenters. The normalized spacial score (nSPS) is 10.6. The van der Waals surface area contributed by atoms with Crippen LogP contribution in [0.2, 0.25) is 0 Å². The van der Waals surface area contributed by atoms with Gasteiger partial charge in [0.05, 0.1) is 18.4 Å². The summed E-state index contributed by atoms with van der Waals surface area (Å²) < 4.78 is 6.81. The molecule has 0 radical (unpaired) electrons. The van der Waals surface area contributed by atoms with E-state index < -0.39 is 0 Å². The van der Waals surface area contributed by atoms with Crippen LogP contribution < -0.4 is 15.5 Å². The number of carbonyl (C=O) groups is 1. The predicted octanol–water partition coefficient (Wildman–Crippen LogP) is 5.03. The zero-order chi connectivity index (χ0) is 23.4. The van der Waals surface area contributed by atoms with Crippen LogP contribution in [0.3, 0.4) is 0 Å². The standard InChI is InChI=1S/C27H25N3O3/c1-4-19-10-14-22(15-11-19)30-26(28-27(32)21-12-16-23(33-3)17-13-21)24(25(31)18(2)29-30)20-8-6-5-7-9-20/h5-17H,4H2,1-3H3,(H,28,32). The van der Waals surface area contributed by atoms with Gasteiger partial charge in [-0.15, -0.1) is 0 Å². The molecule has 1 amide bonds. The monoisotopic (exact) mass is 439 g/mol. The Morgan fingerprint density at radius 2 is 1.64 bits per heavy atom. The molecule has 6 nitrogen and oxygen atoms in total. The molecular weight excluding hydrogens is 414 g/mol. The van der Waals surface area contributed by atoms with Gasteiger partial charge in [-0.25, -0.2) is 4.68 Å². The van der Waals surface area contributed by atoms with E-state index in [2.05, 4.69) is 17.3 Å². The molecule has 0 aliphatic heterocycles. The number of aromatic nitrogens is 2. The van der Waals surface area contributed by atoms with Gasteiger partial charge < -0.3 is 10.1 Å². The van der Waals surface area contributed by atoms with Crippen LogP contribution in [0.15, 0.2) is 83.7 Å². The maximum Gasteiger partial charge on any atom is 0.256 e. The number of aryl methyl sites for hydroxylation is 2. The Kier molecular flexibility index (Phi) is 6.36. The fraction of sp³-hybridized carbons (Fsp3) is 0.148. The second kappa shape index (κ2) is 9.53. The first kappa shape index (κ1) is 22.0. The minimum atomic E-state index is -0.348. The van der Waals surface area contributed by atoms with E-state index in [9.17, 15) is 9.59 Å². The van der Waals surface area contributed by atoms with Crippen LogP contribution in [0.5, 0.6) is 5.75 Å². The Balaban J connectivity index is 1.90. The van der Waals surface area contributed by atoms with E-state index in [-0.39, 0.29) is 11.3 Å². The van der Waals surface area contributed by atoms with Crippen LogP contribution in [-0.2, 0) is 6.42 Å². The molecule has 1 N–H and O–H groups in total. The first-order valence-electron chi connectivity index (χ1n) is 10.8. The fourth-order valence-electron chi connectivity index (χ4n) is 3.61. The summed E-state index contributed by atoms with van der Waals surface area (Å²) in [7, 11) is 1.57. The van der Waals surface area contributed by atoms with Crippen molar-refractivity contribution in [1.82, 2.24) is 9.78 Å². The Morgan fingerprint density at radius 3 is 2.24 bits per heavy atom. The summed E-state index contributed by atoms with van der Waals surface area (Å²) in [6, 6.07) is 24.0. The van der Waals surface area contributed by atoms with Gasteiger partial charge in [-0.2, -0.15) is 5.10 Å². The summed E-state index contributed by atoms with van der Waals surface area (Å²) in [5, 5.41) is 7.48. The van der Waals surface area contributed by atoms with Crippen molar-refractivity contribution in [2.24, 2.45) is 0 Å². The predicted molar refractivity (Wildman–Crippen MR) is 130 cm³/mol. The van der Waals surface area contributed by atoms with E-state index in [1.54, 1.807) is 43.0 Å². The Bertz CT molecular complexity index is 1330. The number of carbonyl (C=O) groups excluding carboxylic acids is 1. The molecule has 0 aliphatic carbocycles. The third-order valence-electron chi connectivity index (χ3n) is 5.49. The van der Waals surface area contributed by atoms with Crippen LogP contribution in [0.25, 0.3) is 16.8 Å². The highest BCUT2D eigenvalue weighted by molar-refractivity contribution is 6.05. The molecule has 33 heavy (non-hydrogen) atoms. The summed E-state index contributed by atoms with van der Waals surface area (Å²) in [5.74, 6) is 0.627. The average molecular weight is 440 g/mol. The molecule has 4 rings (SSSR count). The third-order valence-corrected chi connectivity index (χ3v) is 5.49. The number of hydrogen-bond acceptors (Lipinski definition) is 4. The lowest BCUT2D eigenvalue weighted by Crippen LogP contribution is -2.25. The number of ether oxygens (including phenoxy) is 1. The molecule has 1 aromatic heterocycles. The van der Waals surface area contributed by atoms with Gasteiger partial charge in [-0.05, 0) is 60.9 Å². The molecule has 4 aromatic rings. The average Bonchev–Trinajstić information content (AvgIpc) is 2.87. The van der Waals surface area contributed by atoms with E-state index in [4.69, 9.17) is 4.74 Å². The molecule has 0 spiro atoms. The van der Waals surface area contributed by atoms with E-state index in [0.29, 0.717) is 34.0 Å². The summed E-state index contributed by atoms with van der Waals surface area (Å²) in [6.07, 6.45) is 0.910. The maximum absolute atomic E-state index is 13.2. The molecule has 0 saturated heterocycles. The zero-order valence-corrected chi connectivity index (χ0v) is 18.8. The van der Waals surface area contributed by atoms with Gasteiger partial charge in [0.2, 0.25) is 5.43 Å². The van der Waals surface area contributed by atoms with Crippen LogP contribution in [-0.4, -0.2) is 22.8 Å². The lowest BCUT2D eigenvalue weighted by Gasteiger charge is -2.18. The first-order valence-corrected chi connectivity index (χ1v) is 10.8. The van der Waals surface area contributed by atoms with Crippen molar-refractivity contribution < 1.29 is 9.53 Å². The fourth-order valence-corrected chi connectivity index (χ4v) is 3.61. The number of amides is 1.